The third-order valence-electron chi connectivity index (χ3n) is 4.08. The number of carbonyl (C=O) groups is 2. The maximum atomic E-state index is 13.2. The molecule has 5 nitrogen and oxygen atoms in total. The van der Waals surface area contributed by atoms with Crippen molar-refractivity contribution in [2.75, 3.05) is 14.2 Å². The topological polar surface area (TPSA) is 68.4 Å². The summed E-state index contributed by atoms with van der Waals surface area (Å²) < 4.78 is 10.6. The van der Waals surface area contributed by atoms with Crippen molar-refractivity contribution in [1.82, 2.24) is 4.98 Å². The van der Waals surface area contributed by atoms with Gasteiger partial charge in [-0.15, -0.1) is 0 Å². The molecule has 1 N–H and O–H groups in total. The third-order valence-corrected chi connectivity index (χ3v) is 4.39. The second-order valence-corrected chi connectivity index (χ2v) is 5.87. The van der Waals surface area contributed by atoms with Gasteiger partial charge in [0.15, 0.2) is 23.6 Å². The predicted octanol–water partition coefficient (Wildman–Crippen LogP) is 4.40. The van der Waals surface area contributed by atoms with E-state index in [9.17, 15) is 9.59 Å². The molecule has 0 unspecified atom stereocenters. The molecule has 0 spiro atoms. The Morgan fingerprint density at radius 1 is 1.04 bits per heavy atom. The summed E-state index contributed by atoms with van der Waals surface area (Å²) in [4.78, 5) is 27.6. The zero-order valence-corrected chi connectivity index (χ0v) is 15.0. The van der Waals surface area contributed by atoms with Crippen LogP contribution < -0.4 is 9.47 Å². The van der Waals surface area contributed by atoms with E-state index in [1.54, 1.807) is 42.5 Å². The molecular formula is C20H16ClNO4. The van der Waals surface area contributed by atoms with Crippen LogP contribution in [0.4, 0.5) is 0 Å². The first-order valence-corrected chi connectivity index (χ1v) is 8.17. The van der Waals surface area contributed by atoms with Gasteiger partial charge in [-0.05, 0) is 12.1 Å². The molecule has 132 valence electrons. The summed E-state index contributed by atoms with van der Waals surface area (Å²) in [6.45, 7) is 0. The second kappa shape index (κ2) is 7.45. The summed E-state index contributed by atoms with van der Waals surface area (Å²) in [6.07, 6.45) is 2.19. The number of hydrogen-bond donors (Lipinski definition) is 1. The number of hydrogen-bond acceptors (Lipinski definition) is 4. The molecule has 0 amide bonds. The van der Waals surface area contributed by atoms with Crippen LogP contribution in [0.5, 0.6) is 11.5 Å². The second-order valence-electron chi connectivity index (χ2n) is 5.46. The fraction of sp³-hybridized carbons (Fsp3) is 0.100. The van der Waals surface area contributed by atoms with Crippen molar-refractivity contribution in [3.63, 3.8) is 0 Å². The molecule has 0 aliphatic heterocycles. The number of ether oxygens (including phenoxy) is 2. The van der Waals surface area contributed by atoms with E-state index in [0.717, 1.165) is 0 Å². The van der Waals surface area contributed by atoms with Crippen LogP contribution in [0.25, 0.3) is 11.3 Å². The van der Waals surface area contributed by atoms with Gasteiger partial charge in [-0.2, -0.15) is 0 Å². The molecule has 1 aromatic heterocycles. The lowest BCUT2D eigenvalue weighted by Gasteiger charge is -2.13. The number of halogens is 1. The van der Waals surface area contributed by atoms with E-state index in [-0.39, 0.29) is 5.78 Å². The minimum Gasteiger partial charge on any atom is -0.493 e. The van der Waals surface area contributed by atoms with E-state index in [4.69, 9.17) is 21.1 Å². The summed E-state index contributed by atoms with van der Waals surface area (Å²) in [5, 5.41) is 0.302. The van der Waals surface area contributed by atoms with Gasteiger partial charge in [0.25, 0.3) is 0 Å². The maximum absolute atomic E-state index is 13.2. The third kappa shape index (κ3) is 2.97. The van der Waals surface area contributed by atoms with Crippen molar-refractivity contribution < 1.29 is 19.1 Å². The number of para-hydroxylation sites is 1. The number of ketones is 1. The van der Waals surface area contributed by atoms with Crippen LogP contribution >= 0.6 is 11.6 Å². The Morgan fingerprint density at radius 2 is 1.77 bits per heavy atom. The molecule has 0 saturated heterocycles. The van der Waals surface area contributed by atoms with E-state index < -0.39 is 0 Å². The Labute approximate surface area is 155 Å². The quantitative estimate of drug-likeness (QED) is 0.516. The van der Waals surface area contributed by atoms with Crippen LogP contribution in [0.15, 0.2) is 48.7 Å². The highest BCUT2D eigenvalue weighted by Crippen LogP contribution is 2.35. The standard InChI is InChI=1S/C20H16ClNO4/c1-25-17-9-5-8-14(20(17)26-2)19(24)13-7-4-3-6-12(13)18-15(11-23)16(21)10-22-18/h3-11,22H,1-2H3. The Hall–Kier alpha value is -3.05. The van der Waals surface area contributed by atoms with E-state index in [0.29, 0.717) is 50.8 Å². The van der Waals surface area contributed by atoms with E-state index in [1.807, 2.05) is 0 Å². The van der Waals surface area contributed by atoms with Gasteiger partial charge in [0.2, 0.25) is 0 Å². The number of aromatic amines is 1. The molecular weight excluding hydrogens is 354 g/mol. The molecule has 2 aromatic carbocycles. The van der Waals surface area contributed by atoms with Gasteiger partial charge < -0.3 is 14.5 Å². The number of benzene rings is 2. The van der Waals surface area contributed by atoms with Gasteiger partial charge >= 0.3 is 0 Å². The molecule has 3 aromatic rings. The van der Waals surface area contributed by atoms with Crippen LogP contribution in [-0.2, 0) is 0 Å². The molecule has 0 saturated carbocycles. The predicted molar refractivity (Wildman–Crippen MR) is 99.6 cm³/mol. The highest BCUT2D eigenvalue weighted by atomic mass is 35.5. The molecule has 0 atom stereocenters. The Bertz CT molecular complexity index is 978. The number of rotatable bonds is 6. The normalized spacial score (nSPS) is 10.4. The van der Waals surface area contributed by atoms with E-state index in [1.165, 1.54) is 20.4 Å². The lowest BCUT2D eigenvalue weighted by atomic mass is 9.94. The number of methoxy groups -OCH3 is 2. The van der Waals surface area contributed by atoms with Crippen molar-refractivity contribution in [3.8, 4) is 22.8 Å². The monoisotopic (exact) mass is 369 g/mol. The molecule has 0 fully saturated rings. The molecule has 0 bridgehead atoms. The molecule has 0 aliphatic carbocycles. The molecule has 26 heavy (non-hydrogen) atoms. The van der Waals surface area contributed by atoms with Crippen molar-refractivity contribution in [2.45, 2.75) is 0 Å². The first-order chi connectivity index (χ1) is 12.6. The van der Waals surface area contributed by atoms with Crippen molar-refractivity contribution in [1.29, 1.82) is 0 Å². The summed E-state index contributed by atoms with van der Waals surface area (Å²) in [6, 6.07) is 12.1. The molecule has 1 heterocycles. The minimum absolute atomic E-state index is 0.251. The Morgan fingerprint density at radius 3 is 2.46 bits per heavy atom. The van der Waals surface area contributed by atoms with Crippen LogP contribution in [0.1, 0.15) is 26.3 Å². The first-order valence-electron chi connectivity index (χ1n) is 7.79. The number of carbonyl (C=O) groups excluding carboxylic acids is 2. The van der Waals surface area contributed by atoms with Gasteiger partial charge in [-0.25, -0.2) is 0 Å². The largest absolute Gasteiger partial charge is 0.493 e. The molecule has 0 aliphatic rings. The van der Waals surface area contributed by atoms with Crippen LogP contribution in [0, 0.1) is 0 Å². The molecule has 0 radical (unpaired) electrons. The lowest BCUT2D eigenvalue weighted by Crippen LogP contribution is -2.07. The van der Waals surface area contributed by atoms with Crippen LogP contribution in [-0.4, -0.2) is 31.3 Å². The van der Waals surface area contributed by atoms with Crippen LogP contribution in [0.3, 0.4) is 0 Å². The number of aromatic nitrogens is 1. The fourth-order valence-corrected chi connectivity index (χ4v) is 3.05. The fourth-order valence-electron chi connectivity index (χ4n) is 2.86. The Kier molecular flexibility index (Phi) is 5.09. The summed E-state index contributed by atoms with van der Waals surface area (Å²) in [7, 11) is 2.99. The van der Waals surface area contributed by atoms with Crippen molar-refractivity contribution in [2.24, 2.45) is 0 Å². The minimum atomic E-state index is -0.251. The number of aldehydes is 1. The first kappa shape index (κ1) is 17.8. The van der Waals surface area contributed by atoms with Crippen molar-refractivity contribution >= 4 is 23.7 Å². The van der Waals surface area contributed by atoms with Gasteiger partial charge in [-0.3, -0.25) is 9.59 Å². The summed E-state index contributed by atoms with van der Waals surface area (Å²) in [5.41, 5.74) is 2.17. The lowest BCUT2D eigenvalue weighted by molar-refractivity contribution is 0.103. The average molecular weight is 370 g/mol. The van der Waals surface area contributed by atoms with Gasteiger partial charge in [0.1, 0.15) is 0 Å². The zero-order chi connectivity index (χ0) is 18.7. The number of H-pyrrole nitrogens is 1. The average Bonchev–Trinajstić information content (AvgIpc) is 3.06. The maximum Gasteiger partial charge on any atom is 0.197 e. The Balaban J connectivity index is 2.18. The molecule has 3 rings (SSSR count). The highest BCUT2D eigenvalue weighted by molar-refractivity contribution is 6.33. The SMILES string of the molecule is COc1cccc(C(=O)c2ccccc2-c2[nH]cc(Cl)c2C=O)c1OC. The van der Waals surface area contributed by atoms with Crippen molar-refractivity contribution in [3.05, 3.63) is 70.4 Å². The van der Waals surface area contributed by atoms with E-state index >= 15 is 0 Å². The number of nitrogens with one attached hydrogen (secondary N) is 1. The van der Waals surface area contributed by atoms with E-state index in [2.05, 4.69) is 4.98 Å². The smallest absolute Gasteiger partial charge is 0.197 e. The van der Waals surface area contributed by atoms with Gasteiger partial charge in [-0.1, -0.05) is 41.9 Å². The molecule has 6 heteroatoms. The highest BCUT2D eigenvalue weighted by Gasteiger charge is 2.22. The van der Waals surface area contributed by atoms with Gasteiger partial charge in [0.05, 0.1) is 36.1 Å². The van der Waals surface area contributed by atoms with Crippen LogP contribution in [0.2, 0.25) is 5.02 Å². The van der Waals surface area contributed by atoms with Gasteiger partial charge in [0, 0.05) is 17.3 Å². The zero-order valence-electron chi connectivity index (χ0n) is 14.2. The summed E-state index contributed by atoms with van der Waals surface area (Å²) >= 11 is 6.05. The summed E-state index contributed by atoms with van der Waals surface area (Å²) in [5.74, 6) is 0.571.